The maximum Gasteiger partial charge on any atom is 0.227 e. The SMILES string of the molecule is CNC[C@H]1Oc2ccc(NC(=O)C3CC3)cc2CC(=O)N([C@H](C)CO)C[C@H]1C. The largest absolute Gasteiger partial charge is 0.488 e. The summed E-state index contributed by atoms with van der Waals surface area (Å²) in [5.41, 5.74) is 1.44. The van der Waals surface area contributed by atoms with E-state index in [2.05, 4.69) is 17.6 Å². The molecule has 1 heterocycles. The number of aliphatic hydroxyl groups excluding tert-OH is 1. The Morgan fingerprint density at radius 3 is 2.79 bits per heavy atom. The molecule has 0 spiro atoms. The van der Waals surface area contributed by atoms with E-state index in [9.17, 15) is 14.7 Å². The number of anilines is 1. The molecule has 0 saturated heterocycles. The molecular formula is C21H31N3O4. The van der Waals surface area contributed by atoms with Crippen LogP contribution in [0.3, 0.4) is 0 Å². The second-order valence-electron chi connectivity index (χ2n) is 8.03. The number of fused-ring (bicyclic) bond motifs is 1. The number of hydrogen-bond donors (Lipinski definition) is 3. The molecular weight excluding hydrogens is 358 g/mol. The Balaban J connectivity index is 1.90. The predicted molar refractivity (Wildman–Crippen MR) is 107 cm³/mol. The lowest BCUT2D eigenvalue weighted by molar-refractivity contribution is -0.134. The maximum atomic E-state index is 13.0. The number of nitrogens with zero attached hydrogens (tertiary/aromatic N) is 1. The van der Waals surface area contributed by atoms with Gasteiger partial charge in [-0.25, -0.2) is 0 Å². The van der Waals surface area contributed by atoms with Crippen molar-refractivity contribution in [2.45, 2.75) is 45.3 Å². The van der Waals surface area contributed by atoms with Gasteiger partial charge < -0.3 is 25.4 Å². The summed E-state index contributed by atoms with van der Waals surface area (Å²) >= 11 is 0. The maximum absolute atomic E-state index is 13.0. The summed E-state index contributed by atoms with van der Waals surface area (Å²) in [4.78, 5) is 26.8. The molecule has 1 aliphatic carbocycles. The van der Waals surface area contributed by atoms with Gasteiger partial charge in [0.1, 0.15) is 11.9 Å². The number of likely N-dealkylation sites (N-methyl/N-ethyl adjacent to an activating group) is 1. The van der Waals surface area contributed by atoms with Crippen LogP contribution in [0.15, 0.2) is 18.2 Å². The Bertz CT molecular complexity index is 720. The summed E-state index contributed by atoms with van der Waals surface area (Å²) in [6.07, 6.45) is 1.94. The highest BCUT2D eigenvalue weighted by atomic mass is 16.5. The van der Waals surface area contributed by atoms with E-state index >= 15 is 0 Å². The van der Waals surface area contributed by atoms with Crippen molar-refractivity contribution in [3.05, 3.63) is 23.8 Å². The van der Waals surface area contributed by atoms with Gasteiger partial charge >= 0.3 is 0 Å². The van der Waals surface area contributed by atoms with E-state index in [-0.39, 0.29) is 48.8 Å². The Morgan fingerprint density at radius 2 is 2.14 bits per heavy atom. The molecule has 0 aromatic heterocycles. The van der Waals surface area contributed by atoms with Crippen molar-refractivity contribution in [3.63, 3.8) is 0 Å². The summed E-state index contributed by atoms with van der Waals surface area (Å²) in [6.45, 7) is 4.99. The Kier molecular flexibility index (Phi) is 6.57. The first kappa shape index (κ1) is 20.6. The summed E-state index contributed by atoms with van der Waals surface area (Å²) in [6, 6.07) is 5.24. The van der Waals surface area contributed by atoms with Crippen LogP contribution in [-0.2, 0) is 16.0 Å². The molecule has 3 rings (SSSR count). The molecule has 0 bridgehead atoms. The number of hydrogen-bond acceptors (Lipinski definition) is 5. The van der Waals surface area contributed by atoms with E-state index in [0.717, 1.165) is 18.4 Å². The first-order valence-corrected chi connectivity index (χ1v) is 10.1. The zero-order chi connectivity index (χ0) is 20.3. The number of benzene rings is 1. The van der Waals surface area contributed by atoms with Crippen LogP contribution >= 0.6 is 0 Å². The van der Waals surface area contributed by atoms with E-state index in [1.807, 2.05) is 32.2 Å². The zero-order valence-corrected chi connectivity index (χ0v) is 16.9. The molecule has 154 valence electrons. The molecule has 28 heavy (non-hydrogen) atoms. The Labute approximate surface area is 166 Å². The van der Waals surface area contributed by atoms with E-state index in [4.69, 9.17) is 4.74 Å². The number of ether oxygens (including phenoxy) is 1. The number of amides is 2. The third-order valence-electron chi connectivity index (χ3n) is 5.54. The lowest BCUT2D eigenvalue weighted by Gasteiger charge is -2.32. The predicted octanol–water partition coefficient (Wildman–Crippen LogP) is 1.40. The molecule has 7 nitrogen and oxygen atoms in total. The molecule has 0 unspecified atom stereocenters. The van der Waals surface area contributed by atoms with Gasteiger partial charge in [0.25, 0.3) is 0 Å². The van der Waals surface area contributed by atoms with Crippen molar-refractivity contribution in [1.82, 2.24) is 10.2 Å². The van der Waals surface area contributed by atoms with Crippen LogP contribution in [-0.4, -0.2) is 60.7 Å². The highest BCUT2D eigenvalue weighted by Crippen LogP contribution is 2.32. The van der Waals surface area contributed by atoms with Gasteiger partial charge in [0.05, 0.1) is 19.1 Å². The smallest absolute Gasteiger partial charge is 0.227 e. The second kappa shape index (κ2) is 8.92. The van der Waals surface area contributed by atoms with Gasteiger partial charge in [-0.2, -0.15) is 0 Å². The monoisotopic (exact) mass is 389 g/mol. The number of rotatable bonds is 6. The van der Waals surface area contributed by atoms with Crippen molar-refractivity contribution in [3.8, 4) is 5.75 Å². The highest BCUT2D eigenvalue weighted by molar-refractivity contribution is 5.94. The lowest BCUT2D eigenvalue weighted by Crippen LogP contribution is -2.47. The van der Waals surface area contributed by atoms with Gasteiger partial charge in [0.15, 0.2) is 0 Å². The van der Waals surface area contributed by atoms with Gasteiger partial charge in [0, 0.05) is 36.2 Å². The topological polar surface area (TPSA) is 90.9 Å². The average molecular weight is 389 g/mol. The van der Waals surface area contributed by atoms with Crippen LogP contribution in [0.25, 0.3) is 0 Å². The highest BCUT2D eigenvalue weighted by Gasteiger charge is 2.31. The van der Waals surface area contributed by atoms with Crippen molar-refractivity contribution >= 4 is 17.5 Å². The van der Waals surface area contributed by atoms with Crippen molar-refractivity contribution in [2.75, 3.05) is 32.1 Å². The molecule has 3 N–H and O–H groups in total. The van der Waals surface area contributed by atoms with E-state index in [0.29, 0.717) is 24.5 Å². The molecule has 0 radical (unpaired) electrons. The zero-order valence-electron chi connectivity index (χ0n) is 16.9. The average Bonchev–Trinajstić information content (AvgIpc) is 3.51. The quantitative estimate of drug-likeness (QED) is 0.684. The molecule has 1 aromatic carbocycles. The molecule has 1 aromatic rings. The van der Waals surface area contributed by atoms with Gasteiger partial charge in [0.2, 0.25) is 11.8 Å². The molecule has 1 fully saturated rings. The van der Waals surface area contributed by atoms with Gasteiger partial charge in [-0.15, -0.1) is 0 Å². The summed E-state index contributed by atoms with van der Waals surface area (Å²) in [5, 5.41) is 15.7. The van der Waals surface area contributed by atoms with Crippen LogP contribution in [0.5, 0.6) is 5.75 Å². The number of carbonyl (C=O) groups excluding carboxylic acids is 2. The number of aliphatic hydroxyl groups is 1. The van der Waals surface area contributed by atoms with E-state index in [1.54, 1.807) is 4.90 Å². The molecule has 7 heteroatoms. The van der Waals surface area contributed by atoms with Gasteiger partial charge in [-0.1, -0.05) is 6.92 Å². The molecule has 1 saturated carbocycles. The normalized spacial score (nSPS) is 23.7. The Hall–Kier alpha value is -2.12. The fourth-order valence-corrected chi connectivity index (χ4v) is 3.54. The third kappa shape index (κ3) is 4.83. The van der Waals surface area contributed by atoms with Crippen LogP contribution in [0.1, 0.15) is 32.3 Å². The van der Waals surface area contributed by atoms with Gasteiger partial charge in [-0.3, -0.25) is 9.59 Å². The standard InChI is InChI=1S/C21H31N3O4/c1-13-11-24(14(2)12-25)20(26)9-16-8-17(23-21(27)15-4-5-15)6-7-18(16)28-19(13)10-22-3/h6-8,13-15,19,22,25H,4-5,9-12H2,1-3H3,(H,23,27)/t13-,14-,19-/m1/s1. The molecule has 3 atom stereocenters. The number of carbonyl (C=O) groups is 2. The van der Waals surface area contributed by atoms with Crippen molar-refractivity contribution < 1.29 is 19.4 Å². The first-order chi connectivity index (χ1) is 13.4. The van der Waals surface area contributed by atoms with Crippen LogP contribution in [0.2, 0.25) is 0 Å². The van der Waals surface area contributed by atoms with Crippen molar-refractivity contribution in [2.24, 2.45) is 11.8 Å². The second-order valence-corrected chi connectivity index (χ2v) is 8.03. The summed E-state index contributed by atoms with van der Waals surface area (Å²) in [5.74, 6) is 0.861. The fraction of sp³-hybridized carbons (Fsp3) is 0.619. The fourth-order valence-electron chi connectivity index (χ4n) is 3.54. The lowest BCUT2D eigenvalue weighted by atomic mass is 10.0. The van der Waals surface area contributed by atoms with Gasteiger partial charge in [-0.05, 0) is 45.0 Å². The summed E-state index contributed by atoms with van der Waals surface area (Å²) < 4.78 is 6.28. The molecule has 2 aliphatic rings. The van der Waals surface area contributed by atoms with Crippen LogP contribution in [0, 0.1) is 11.8 Å². The first-order valence-electron chi connectivity index (χ1n) is 10.1. The minimum atomic E-state index is -0.260. The van der Waals surface area contributed by atoms with Crippen molar-refractivity contribution in [1.29, 1.82) is 0 Å². The molecule has 1 aliphatic heterocycles. The van der Waals surface area contributed by atoms with Crippen LogP contribution in [0.4, 0.5) is 5.69 Å². The third-order valence-corrected chi connectivity index (χ3v) is 5.54. The number of nitrogens with one attached hydrogen (secondary N) is 2. The van der Waals surface area contributed by atoms with E-state index in [1.165, 1.54) is 0 Å². The van der Waals surface area contributed by atoms with Crippen LogP contribution < -0.4 is 15.4 Å². The minimum Gasteiger partial charge on any atom is -0.488 e. The minimum absolute atomic E-state index is 0.0347. The molecule has 2 amide bonds. The Morgan fingerprint density at radius 1 is 1.39 bits per heavy atom. The summed E-state index contributed by atoms with van der Waals surface area (Å²) in [7, 11) is 1.87. The van der Waals surface area contributed by atoms with E-state index < -0.39 is 0 Å².